The molecule has 3 rings (SSSR count). The fourth-order valence-electron chi connectivity index (χ4n) is 2.67. The maximum Gasteiger partial charge on any atom is 0.262 e. The highest BCUT2D eigenvalue weighted by Gasteiger charge is 2.18. The van der Waals surface area contributed by atoms with E-state index in [1.807, 2.05) is 11.4 Å². The fourth-order valence-corrected chi connectivity index (χ4v) is 3.50. The highest BCUT2D eigenvalue weighted by atomic mass is 32.1. The molecule has 0 saturated carbocycles. The Labute approximate surface area is 129 Å². The molecule has 1 aromatic carbocycles. The van der Waals surface area contributed by atoms with Crippen LogP contribution in [-0.4, -0.2) is 25.0 Å². The third kappa shape index (κ3) is 3.34. The van der Waals surface area contributed by atoms with Crippen LogP contribution < -0.4 is 10.6 Å². The van der Waals surface area contributed by atoms with Gasteiger partial charge in [-0.15, -0.1) is 11.3 Å². The Bertz CT molecular complexity index is 612. The summed E-state index contributed by atoms with van der Waals surface area (Å²) < 4.78 is 0. The quantitative estimate of drug-likeness (QED) is 0.910. The SMILES string of the molecule is Cc1ccc(-c2ccsc2C(=O)NCC2CCCN2)cc1. The van der Waals surface area contributed by atoms with E-state index in [0.29, 0.717) is 12.6 Å². The molecule has 110 valence electrons. The molecule has 2 aromatic rings. The zero-order valence-corrected chi connectivity index (χ0v) is 13.0. The summed E-state index contributed by atoms with van der Waals surface area (Å²) in [5, 5.41) is 8.44. The Morgan fingerprint density at radius 3 is 2.86 bits per heavy atom. The van der Waals surface area contributed by atoms with Crippen molar-refractivity contribution in [2.75, 3.05) is 13.1 Å². The largest absolute Gasteiger partial charge is 0.350 e. The average Bonchev–Trinajstić information content (AvgIpc) is 3.17. The minimum absolute atomic E-state index is 0.0364. The van der Waals surface area contributed by atoms with E-state index in [2.05, 4.69) is 41.8 Å². The predicted octanol–water partition coefficient (Wildman–Crippen LogP) is 3.21. The van der Waals surface area contributed by atoms with Crippen molar-refractivity contribution in [2.45, 2.75) is 25.8 Å². The second-order valence-corrected chi connectivity index (χ2v) is 6.45. The Kier molecular flexibility index (Phi) is 4.36. The maximum atomic E-state index is 12.4. The molecule has 2 N–H and O–H groups in total. The summed E-state index contributed by atoms with van der Waals surface area (Å²) in [4.78, 5) is 13.2. The number of thiophene rings is 1. The van der Waals surface area contributed by atoms with Crippen molar-refractivity contribution in [3.05, 3.63) is 46.2 Å². The monoisotopic (exact) mass is 300 g/mol. The molecule has 1 amide bonds. The molecule has 0 bridgehead atoms. The zero-order chi connectivity index (χ0) is 14.7. The number of carbonyl (C=O) groups is 1. The first kappa shape index (κ1) is 14.3. The van der Waals surface area contributed by atoms with Gasteiger partial charge in [0.25, 0.3) is 5.91 Å². The number of benzene rings is 1. The average molecular weight is 300 g/mol. The predicted molar refractivity (Wildman–Crippen MR) is 87.8 cm³/mol. The van der Waals surface area contributed by atoms with Crippen LogP contribution >= 0.6 is 11.3 Å². The molecule has 2 heterocycles. The van der Waals surface area contributed by atoms with Crippen molar-refractivity contribution < 1.29 is 4.79 Å². The Hall–Kier alpha value is -1.65. The van der Waals surface area contributed by atoms with Crippen LogP contribution in [0, 0.1) is 6.92 Å². The molecule has 4 heteroatoms. The lowest BCUT2D eigenvalue weighted by atomic mass is 10.0. The van der Waals surface area contributed by atoms with Gasteiger partial charge in [-0.3, -0.25) is 4.79 Å². The van der Waals surface area contributed by atoms with Crippen LogP contribution in [0.25, 0.3) is 11.1 Å². The van der Waals surface area contributed by atoms with Crippen LogP contribution in [0.15, 0.2) is 35.7 Å². The lowest BCUT2D eigenvalue weighted by molar-refractivity contribution is 0.0955. The molecule has 1 aromatic heterocycles. The third-order valence-corrected chi connectivity index (χ3v) is 4.82. The van der Waals surface area contributed by atoms with Gasteiger partial charge in [0.1, 0.15) is 0 Å². The molecule has 0 spiro atoms. The molecule has 0 aliphatic carbocycles. The van der Waals surface area contributed by atoms with E-state index in [0.717, 1.165) is 29.0 Å². The van der Waals surface area contributed by atoms with Crippen molar-refractivity contribution in [3.8, 4) is 11.1 Å². The van der Waals surface area contributed by atoms with Crippen molar-refractivity contribution in [1.29, 1.82) is 0 Å². The zero-order valence-electron chi connectivity index (χ0n) is 12.2. The molecule has 1 fully saturated rings. The second-order valence-electron chi connectivity index (χ2n) is 5.53. The van der Waals surface area contributed by atoms with Gasteiger partial charge in [0.2, 0.25) is 0 Å². The van der Waals surface area contributed by atoms with Gasteiger partial charge in [-0.1, -0.05) is 29.8 Å². The van der Waals surface area contributed by atoms with Crippen LogP contribution in [-0.2, 0) is 0 Å². The van der Waals surface area contributed by atoms with Crippen LogP contribution in [0.2, 0.25) is 0 Å². The minimum atomic E-state index is 0.0364. The van der Waals surface area contributed by atoms with Gasteiger partial charge in [-0.2, -0.15) is 0 Å². The van der Waals surface area contributed by atoms with E-state index >= 15 is 0 Å². The molecule has 1 saturated heterocycles. The highest BCUT2D eigenvalue weighted by molar-refractivity contribution is 7.12. The molecular weight excluding hydrogens is 280 g/mol. The summed E-state index contributed by atoms with van der Waals surface area (Å²) in [5.41, 5.74) is 3.36. The minimum Gasteiger partial charge on any atom is -0.350 e. The van der Waals surface area contributed by atoms with Crippen molar-refractivity contribution in [3.63, 3.8) is 0 Å². The van der Waals surface area contributed by atoms with Crippen LogP contribution in [0.3, 0.4) is 0 Å². The lowest BCUT2D eigenvalue weighted by Gasteiger charge is -2.11. The van der Waals surface area contributed by atoms with Gasteiger partial charge in [-0.05, 0) is 43.3 Å². The summed E-state index contributed by atoms with van der Waals surface area (Å²) in [6.07, 6.45) is 2.35. The van der Waals surface area contributed by atoms with Gasteiger partial charge >= 0.3 is 0 Å². The van der Waals surface area contributed by atoms with Gasteiger partial charge in [0.05, 0.1) is 4.88 Å². The maximum absolute atomic E-state index is 12.4. The van der Waals surface area contributed by atoms with Crippen LogP contribution in [0.4, 0.5) is 0 Å². The molecule has 3 nitrogen and oxygen atoms in total. The van der Waals surface area contributed by atoms with Crippen molar-refractivity contribution in [1.82, 2.24) is 10.6 Å². The number of carbonyl (C=O) groups excluding carboxylic acids is 1. The molecule has 1 aliphatic rings. The Morgan fingerprint density at radius 1 is 1.33 bits per heavy atom. The molecule has 0 radical (unpaired) electrons. The first-order valence-electron chi connectivity index (χ1n) is 7.40. The standard InChI is InChI=1S/C17H20N2OS/c1-12-4-6-13(7-5-12)15-8-10-21-16(15)17(20)19-11-14-3-2-9-18-14/h4-8,10,14,18H,2-3,9,11H2,1H3,(H,19,20). The van der Waals surface area contributed by atoms with Gasteiger partial charge in [-0.25, -0.2) is 0 Å². The first-order chi connectivity index (χ1) is 10.2. The number of rotatable bonds is 4. The van der Waals surface area contributed by atoms with Crippen LogP contribution in [0.5, 0.6) is 0 Å². The van der Waals surface area contributed by atoms with E-state index in [1.54, 1.807) is 0 Å². The normalized spacial score (nSPS) is 17.9. The number of hydrogen-bond donors (Lipinski definition) is 2. The smallest absolute Gasteiger partial charge is 0.262 e. The number of hydrogen-bond acceptors (Lipinski definition) is 3. The number of aryl methyl sites for hydroxylation is 1. The topological polar surface area (TPSA) is 41.1 Å². The summed E-state index contributed by atoms with van der Waals surface area (Å²) in [6, 6.07) is 10.8. The third-order valence-electron chi connectivity index (χ3n) is 3.91. The van der Waals surface area contributed by atoms with Gasteiger partial charge < -0.3 is 10.6 Å². The Balaban J connectivity index is 1.72. The van der Waals surface area contributed by atoms with Crippen molar-refractivity contribution in [2.24, 2.45) is 0 Å². The van der Waals surface area contributed by atoms with Crippen LogP contribution in [0.1, 0.15) is 28.1 Å². The van der Waals surface area contributed by atoms with Gasteiger partial charge in [0, 0.05) is 18.2 Å². The number of nitrogens with one attached hydrogen (secondary N) is 2. The molecule has 21 heavy (non-hydrogen) atoms. The molecule has 1 atom stereocenters. The lowest BCUT2D eigenvalue weighted by Crippen LogP contribution is -2.37. The highest BCUT2D eigenvalue weighted by Crippen LogP contribution is 2.28. The van der Waals surface area contributed by atoms with E-state index in [1.165, 1.54) is 23.3 Å². The fraction of sp³-hybridized carbons (Fsp3) is 0.353. The van der Waals surface area contributed by atoms with E-state index in [-0.39, 0.29) is 5.91 Å². The molecule has 1 unspecified atom stereocenters. The molecular formula is C17H20N2OS. The van der Waals surface area contributed by atoms with Crippen molar-refractivity contribution >= 4 is 17.2 Å². The summed E-state index contributed by atoms with van der Waals surface area (Å²) in [6.45, 7) is 3.85. The van der Waals surface area contributed by atoms with Gasteiger partial charge in [0.15, 0.2) is 0 Å². The summed E-state index contributed by atoms with van der Waals surface area (Å²) >= 11 is 1.51. The summed E-state index contributed by atoms with van der Waals surface area (Å²) in [5.74, 6) is 0.0364. The summed E-state index contributed by atoms with van der Waals surface area (Å²) in [7, 11) is 0. The number of amides is 1. The first-order valence-corrected chi connectivity index (χ1v) is 8.28. The van der Waals surface area contributed by atoms with E-state index in [9.17, 15) is 4.79 Å². The Morgan fingerprint density at radius 2 is 2.14 bits per heavy atom. The second kappa shape index (κ2) is 6.41. The van der Waals surface area contributed by atoms with E-state index in [4.69, 9.17) is 0 Å². The van der Waals surface area contributed by atoms with E-state index < -0.39 is 0 Å². The molecule has 1 aliphatic heterocycles.